The monoisotopic (exact) mass is 363 g/mol. The molecular formula is C17H29N7O2. The van der Waals surface area contributed by atoms with E-state index in [1.165, 1.54) is 12.8 Å². The molecule has 2 aliphatic rings. The number of hydrogen-bond acceptors (Lipinski definition) is 5. The van der Waals surface area contributed by atoms with Crippen LogP contribution in [0.5, 0.6) is 0 Å². The van der Waals surface area contributed by atoms with Gasteiger partial charge in [-0.15, -0.1) is 10.2 Å². The number of carbonyl (C=O) groups is 2. The molecule has 0 unspecified atom stereocenters. The molecule has 144 valence electrons. The predicted octanol–water partition coefficient (Wildman–Crippen LogP) is 0.268. The van der Waals surface area contributed by atoms with Crippen molar-refractivity contribution in [1.29, 1.82) is 0 Å². The van der Waals surface area contributed by atoms with Crippen molar-refractivity contribution in [3.05, 3.63) is 11.6 Å². The van der Waals surface area contributed by atoms with E-state index in [4.69, 9.17) is 5.73 Å². The van der Waals surface area contributed by atoms with Gasteiger partial charge in [0.2, 0.25) is 5.91 Å². The van der Waals surface area contributed by atoms with E-state index in [0.29, 0.717) is 19.0 Å². The summed E-state index contributed by atoms with van der Waals surface area (Å²) in [6.45, 7) is 7.46. The Hall–Kier alpha value is -2.16. The van der Waals surface area contributed by atoms with E-state index in [1.54, 1.807) is 4.90 Å². The quantitative estimate of drug-likeness (QED) is 0.754. The van der Waals surface area contributed by atoms with E-state index < -0.39 is 6.03 Å². The molecule has 0 spiro atoms. The van der Waals surface area contributed by atoms with Crippen molar-refractivity contribution in [1.82, 2.24) is 29.9 Å². The Labute approximate surface area is 153 Å². The van der Waals surface area contributed by atoms with Gasteiger partial charge in [-0.2, -0.15) is 0 Å². The summed E-state index contributed by atoms with van der Waals surface area (Å²) in [7, 11) is 0. The summed E-state index contributed by atoms with van der Waals surface area (Å²) in [6.07, 6.45) is 4.27. The smallest absolute Gasteiger partial charge is 0.312 e. The van der Waals surface area contributed by atoms with Gasteiger partial charge < -0.3 is 20.5 Å². The first-order valence-corrected chi connectivity index (χ1v) is 9.54. The molecule has 9 nitrogen and oxygen atoms in total. The topological polar surface area (TPSA) is 109 Å². The Morgan fingerprint density at radius 1 is 1.15 bits per heavy atom. The largest absolute Gasteiger partial charge is 0.352 e. The molecule has 9 heteroatoms. The molecule has 0 atom stereocenters. The number of urea groups is 1. The van der Waals surface area contributed by atoms with E-state index in [2.05, 4.69) is 31.9 Å². The summed E-state index contributed by atoms with van der Waals surface area (Å²) in [6, 6.07) is -0.671. The van der Waals surface area contributed by atoms with Crippen molar-refractivity contribution < 1.29 is 9.59 Å². The molecule has 0 aromatic carbocycles. The van der Waals surface area contributed by atoms with Crippen LogP contribution in [0.3, 0.4) is 0 Å². The maximum atomic E-state index is 12.1. The van der Waals surface area contributed by atoms with Gasteiger partial charge in [0.15, 0.2) is 0 Å². The molecule has 2 aliphatic heterocycles. The van der Waals surface area contributed by atoms with E-state index in [0.717, 1.165) is 50.7 Å². The summed E-state index contributed by atoms with van der Waals surface area (Å²) in [4.78, 5) is 27.0. The minimum Gasteiger partial charge on any atom is -0.352 e. The fraction of sp³-hybridized carbons (Fsp3) is 0.765. The normalized spacial score (nSPS) is 19.0. The first kappa shape index (κ1) is 18.6. The number of amides is 3. The van der Waals surface area contributed by atoms with Crippen LogP contribution in [0.25, 0.3) is 0 Å². The Kier molecular flexibility index (Phi) is 6.08. The van der Waals surface area contributed by atoms with Crippen LogP contribution >= 0.6 is 0 Å². The van der Waals surface area contributed by atoms with Gasteiger partial charge in [0.25, 0.3) is 0 Å². The van der Waals surface area contributed by atoms with Gasteiger partial charge in [0, 0.05) is 25.6 Å². The molecular weight excluding hydrogens is 334 g/mol. The van der Waals surface area contributed by atoms with Crippen molar-refractivity contribution in [3.63, 3.8) is 0 Å². The van der Waals surface area contributed by atoms with E-state index in [9.17, 15) is 9.59 Å². The number of aromatic nitrogens is 3. The number of hydrogen-bond donors (Lipinski definition) is 2. The molecule has 3 N–H and O–H groups in total. The Balaban J connectivity index is 1.57. The first-order valence-electron chi connectivity index (χ1n) is 9.54. The zero-order valence-corrected chi connectivity index (χ0v) is 15.5. The fourth-order valence-corrected chi connectivity index (χ4v) is 3.92. The fourth-order valence-electron chi connectivity index (χ4n) is 3.92. The number of likely N-dealkylation sites (tertiary alicyclic amines) is 2. The van der Waals surface area contributed by atoms with Gasteiger partial charge in [-0.3, -0.25) is 9.69 Å². The SMILES string of the molecule is CCn1c(CN2CCCC2)nnc1C1CCN(C(=O)CNC(N)=O)CC1. The third-order valence-electron chi connectivity index (χ3n) is 5.36. The second-order valence-corrected chi connectivity index (χ2v) is 7.07. The molecule has 2 saturated heterocycles. The highest BCUT2D eigenvalue weighted by Gasteiger charge is 2.28. The third kappa shape index (κ3) is 4.32. The molecule has 0 bridgehead atoms. The number of nitrogens with zero attached hydrogens (tertiary/aromatic N) is 5. The summed E-state index contributed by atoms with van der Waals surface area (Å²) >= 11 is 0. The van der Waals surface area contributed by atoms with Crippen molar-refractivity contribution in [2.45, 2.75) is 51.6 Å². The van der Waals surface area contributed by atoms with Crippen molar-refractivity contribution in [2.75, 3.05) is 32.7 Å². The minimum absolute atomic E-state index is 0.0366. The Morgan fingerprint density at radius 2 is 1.85 bits per heavy atom. The van der Waals surface area contributed by atoms with Crippen LogP contribution in [0.15, 0.2) is 0 Å². The minimum atomic E-state index is -0.671. The summed E-state index contributed by atoms with van der Waals surface area (Å²) in [5, 5.41) is 11.3. The zero-order valence-electron chi connectivity index (χ0n) is 15.5. The molecule has 0 saturated carbocycles. The Morgan fingerprint density at radius 3 is 2.46 bits per heavy atom. The summed E-state index contributed by atoms with van der Waals surface area (Å²) < 4.78 is 2.25. The van der Waals surface area contributed by atoms with E-state index in [-0.39, 0.29) is 12.5 Å². The molecule has 3 heterocycles. The Bertz CT molecular complexity index is 631. The molecule has 1 aromatic rings. The number of rotatable bonds is 6. The molecule has 26 heavy (non-hydrogen) atoms. The number of piperidine rings is 1. The lowest BCUT2D eigenvalue weighted by Crippen LogP contribution is -2.45. The highest BCUT2D eigenvalue weighted by atomic mass is 16.2. The van der Waals surface area contributed by atoms with E-state index in [1.807, 2.05) is 0 Å². The van der Waals surface area contributed by atoms with Gasteiger partial charge in [0.05, 0.1) is 13.1 Å². The first-order chi connectivity index (χ1) is 12.6. The molecule has 1 aromatic heterocycles. The molecule has 0 aliphatic carbocycles. The lowest BCUT2D eigenvalue weighted by atomic mass is 9.95. The highest BCUT2D eigenvalue weighted by Crippen LogP contribution is 2.27. The average Bonchev–Trinajstić information content (AvgIpc) is 3.29. The number of nitrogens with two attached hydrogens (primary N) is 1. The zero-order chi connectivity index (χ0) is 18.5. The van der Waals surface area contributed by atoms with Gasteiger partial charge >= 0.3 is 6.03 Å². The van der Waals surface area contributed by atoms with Crippen molar-refractivity contribution >= 4 is 11.9 Å². The van der Waals surface area contributed by atoms with Crippen LogP contribution in [0.2, 0.25) is 0 Å². The summed E-state index contributed by atoms with van der Waals surface area (Å²) in [5.74, 6) is 2.33. The summed E-state index contributed by atoms with van der Waals surface area (Å²) in [5.41, 5.74) is 5.02. The number of carbonyl (C=O) groups excluding carboxylic acids is 2. The van der Waals surface area contributed by atoms with Gasteiger partial charge in [0.1, 0.15) is 11.6 Å². The average molecular weight is 363 g/mol. The second kappa shape index (κ2) is 8.48. The van der Waals surface area contributed by atoms with Gasteiger partial charge in [-0.1, -0.05) is 0 Å². The second-order valence-electron chi connectivity index (χ2n) is 7.07. The van der Waals surface area contributed by atoms with Gasteiger partial charge in [-0.05, 0) is 45.7 Å². The highest BCUT2D eigenvalue weighted by molar-refractivity contribution is 5.83. The van der Waals surface area contributed by atoms with Crippen molar-refractivity contribution in [2.24, 2.45) is 5.73 Å². The van der Waals surface area contributed by atoms with Crippen LogP contribution in [-0.4, -0.2) is 69.2 Å². The maximum Gasteiger partial charge on any atom is 0.312 e. The van der Waals surface area contributed by atoms with Crippen molar-refractivity contribution in [3.8, 4) is 0 Å². The van der Waals surface area contributed by atoms with E-state index >= 15 is 0 Å². The van der Waals surface area contributed by atoms with Crippen LogP contribution < -0.4 is 11.1 Å². The lowest BCUT2D eigenvalue weighted by Gasteiger charge is -2.31. The van der Waals surface area contributed by atoms with Crippen LogP contribution in [0.1, 0.15) is 50.2 Å². The number of nitrogens with one attached hydrogen (secondary N) is 1. The molecule has 2 fully saturated rings. The lowest BCUT2D eigenvalue weighted by molar-refractivity contribution is -0.131. The maximum absolute atomic E-state index is 12.1. The third-order valence-corrected chi connectivity index (χ3v) is 5.36. The predicted molar refractivity (Wildman–Crippen MR) is 96.3 cm³/mol. The molecule has 3 rings (SSSR count). The van der Waals surface area contributed by atoms with Gasteiger partial charge in [-0.25, -0.2) is 4.79 Å². The number of primary amides is 1. The van der Waals surface area contributed by atoms with Crippen LogP contribution in [0, 0.1) is 0 Å². The van der Waals surface area contributed by atoms with Crippen LogP contribution in [-0.2, 0) is 17.9 Å². The molecule has 3 amide bonds. The van der Waals surface area contributed by atoms with Crippen LogP contribution in [0.4, 0.5) is 4.79 Å². The standard InChI is InChI=1S/C17H29N7O2/c1-2-24-14(12-22-7-3-4-8-22)20-21-16(24)13-5-9-23(10-6-13)15(25)11-19-17(18)26/h13H,2-12H2,1H3,(H3,18,19,26). The molecule has 0 radical (unpaired) electrons.